The normalized spacial score (nSPS) is 22.5. The Morgan fingerprint density at radius 3 is 2.45 bits per heavy atom. The highest BCUT2D eigenvalue weighted by atomic mass is 15.3. The summed E-state index contributed by atoms with van der Waals surface area (Å²) in [5.41, 5.74) is 10.8. The first-order valence-electron chi connectivity index (χ1n) is 12.0. The molecule has 0 aromatic heterocycles. The number of hydrogen-bond donors (Lipinski definition) is 2. The molecule has 0 spiro atoms. The van der Waals surface area contributed by atoms with Crippen molar-refractivity contribution in [1.29, 1.82) is 0 Å². The SMILES string of the molecule is Cc1cc(C)c(NC(=NCCCCCCN)N2CCCC3CCCCC32)c(C)c1. The van der Waals surface area contributed by atoms with E-state index in [1.165, 1.54) is 73.7 Å². The number of benzene rings is 1. The van der Waals surface area contributed by atoms with E-state index < -0.39 is 0 Å². The fourth-order valence-electron chi connectivity index (χ4n) is 5.37. The van der Waals surface area contributed by atoms with Gasteiger partial charge in [-0.3, -0.25) is 4.99 Å². The third kappa shape index (κ3) is 5.97. The van der Waals surface area contributed by atoms with Gasteiger partial charge in [0.1, 0.15) is 0 Å². The lowest BCUT2D eigenvalue weighted by molar-refractivity contribution is 0.119. The Labute approximate surface area is 178 Å². The molecule has 2 unspecified atom stereocenters. The number of nitrogens with zero attached hydrogens (tertiary/aromatic N) is 2. The summed E-state index contributed by atoms with van der Waals surface area (Å²) in [4.78, 5) is 7.77. The lowest BCUT2D eigenvalue weighted by Gasteiger charge is -2.45. The molecule has 1 aliphatic carbocycles. The number of rotatable bonds is 7. The third-order valence-electron chi connectivity index (χ3n) is 6.80. The minimum absolute atomic E-state index is 0.673. The number of fused-ring (bicyclic) bond motifs is 1. The Morgan fingerprint density at radius 1 is 1.00 bits per heavy atom. The van der Waals surface area contributed by atoms with Gasteiger partial charge in [0, 0.05) is 24.8 Å². The number of anilines is 1. The molecule has 4 heteroatoms. The largest absolute Gasteiger partial charge is 0.339 e. The second-order valence-corrected chi connectivity index (χ2v) is 9.25. The van der Waals surface area contributed by atoms with Gasteiger partial charge in [-0.25, -0.2) is 0 Å². The summed E-state index contributed by atoms with van der Waals surface area (Å²) in [6, 6.07) is 5.23. The second kappa shape index (κ2) is 11.0. The molecule has 3 N–H and O–H groups in total. The van der Waals surface area contributed by atoms with Gasteiger partial charge >= 0.3 is 0 Å². The molecule has 1 saturated heterocycles. The summed E-state index contributed by atoms with van der Waals surface area (Å²) in [5.74, 6) is 1.98. The summed E-state index contributed by atoms with van der Waals surface area (Å²) < 4.78 is 0. The molecule has 29 heavy (non-hydrogen) atoms. The molecule has 3 rings (SSSR count). The third-order valence-corrected chi connectivity index (χ3v) is 6.80. The van der Waals surface area contributed by atoms with Crippen LogP contribution in [0.2, 0.25) is 0 Å². The van der Waals surface area contributed by atoms with Crippen molar-refractivity contribution in [3.05, 3.63) is 28.8 Å². The van der Waals surface area contributed by atoms with Gasteiger partial charge in [-0.05, 0) is 82.9 Å². The zero-order valence-corrected chi connectivity index (χ0v) is 19.0. The Bertz CT molecular complexity index is 656. The quantitative estimate of drug-likeness (QED) is 0.359. The van der Waals surface area contributed by atoms with Crippen LogP contribution in [-0.4, -0.2) is 36.5 Å². The van der Waals surface area contributed by atoms with Crippen molar-refractivity contribution >= 4 is 11.6 Å². The fraction of sp³-hybridized carbons (Fsp3) is 0.720. The van der Waals surface area contributed by atoms with E-state index in [-0.39, 0.29) is 0 Å². The number of aliphatic imine (C=N–C) groups is 1. The van der Waals surface area contributed by atoms with Crippen molar-refractivity contribution in [2.45, 2.75) is 91.0 Å². The predicted octanol–water partition coefficient (Wildman–Crippen LogP) is 5.55. The average Bonchev–Trinajstić information content (AvgIpc) is 2.71. The van der Waals surface area contributed by atoms with Gasteiger partial charge in [-0.1, -0.05) is 43.4 Å². The fourth-order valence-corrected chi connectivity index (χ4v) is 5.37. The van der Waals surface area contributed by atoms with Crippen LogP contribution in [0.15, 0.2) is 17.1 Å². The lowest BCUT2D eigenvalue weighted by Crippen LogP contribution is -2.52. The monoisotopic (exact) mass is 398 g/mol. The highest BCUT2D eigenvalue weighted by molar-refractivity contribution is 5.95. The molecule has 1 aromatic carbocycles. The number of nitrogens with two attached hydrogens (primary N) is 1. The molecule has 1 aliphatic heterocycles. The van der Waals surface area contributed by atoms with E-state index in [0.717, 1.165) is 44.4 Å². The van der Waals surface area contributed by atoms with Gasteiger partial charge in [-0.2, -0.15) is 0 Å². The average molecular weight is 399 g/mol. The number of piperidine rings is 1. The maximum absolute atomic E-state index is 5.63. The standard InChI is InChI=1S/C25H42N4/c1-19-17-20(2)24(21(3)18-19)28-25(27-15-9-5-4-8-14-26)29-16-10-12-22-11-6-7-13-23(22)29/h17-18,22-23H,4-16,26H2,1-3H3,(H,27,28). The Hall–Kier alpha value is -1.55. The predicted molar refractivity (Wildman–Crippen MR) is 126 cm³/mol. The molecule has 1 saturated carbocycles. The minimum atomic E-state index is 0.673. The van der Waals surface area contributed by atoms with E-state index in [9.17, 15) is 0 Å². The van der Waals surface area contributed by atoms with Crippen LogP contribution < -0.4 is 11.1 Å². The number of likely N-dealkylation sites (tertiary alicyclic amines) is 1. The van der Waals surface area contributed by atoms with E-state index in [2.05, 4.69) is 43.1 Å². The van der Waals surface area contributed by atoms with Crippen molar-refractivity contribution in [3.8, 4) is 0 Å². The highest BCUT2D eigenvalue weighted by Crippen LogP contribution is 2.36. The van der Waals surface area contributed by atoms with Crippen LogP contribution in [0.1, 0.15) is 80.9 Å². The number of aryl methyl sites for hydroxylation is 3. The highest BCUT2D eigenvalue weighted by Gasteiger charge is 2.35. The number of guanidine groups is 1. The molecule has 4 nitrogen and oxygen atoms in total. The van der Waals surface area contributed by atoms with E-state index in [1.54, 1.807) is 0 Å². The lowest BCUT2D eigenvalue weighted by atomic mass is 9.78. The van der Waals surface area contributed by atoms with Crippen molar-refractivity contribution < 1.29 is 0 Å². The maximum atomic E-state index is 5.63. The smallest absolute Gasteiger partial charge is 0.198 e. The van der Waals surface area contributed by atoms with Gasteiger partial charge in [0.05, 0.1) is 0 Å². The molecular weight excluding hydrogens is 356 g/mol. The first kappa shape index (κ1) is 22.1. The molecule has 0 bridgehead atoms. The zero-order chi connectivity index (χ0) is 20.6. The summed E-state index contributed by atoms with van der Waals surface area (Å²) in [5, 5.41) is 3.80. The Morgan fingerprint density at radius 2 is 1.69 bits per heavy atom. The summed E-state index contributed by atoms with van der Waals surface area (Å²) >= 11 is 0. The van der Waals surface area contributed by atoms with Crippen molar-refractivity contribution in [2.75, 3.05) is 25.0 Å². The van der Waals surface area contributed by atoms with Gasteiger partial charge in [0.2, 0.25) is 0 Å². The van der Waals surface area contributed by atoms with Gasteiger partial charge in [0.15, 0.2) is 5.96 Å². The summed E-state index contributed by atoms with van der Waals surface area (Å²) in [7, 11) is 0. The Balaban J connectivity index is 1.78. The Kier molecular flexibility index (Phi) is 8.40. The molecule has 1 aromatic rings. The van der Waals surface area contributed by atoms with Crippen LogP contribution in [0, 0.1) is 26.7 Å². The van der Waals surface area contributed by atoms with E-state index in [0.29, 0.717) is 6.04 Å². The molecule has 0 amide bonds. The second-order valence-electron chi connectivity index (χ2n) is 9.25. The van der Waals surface area contributed by atoms with Crippen LogP contribution >= 0.6 is 0 Å². The summed E-state index contributed by atoms with van der Waals surface area (Å²) in [6.45, 7) is 9.46. The zero-order valence-electron chi connectivity index (χ0n) is 19.0. The molecule has 0 radical (unpaired) electrons. The molecule has 2 fully saturated rings. The molecule has 2 aliphatic rings. The molecule has 162 valence electrons. The van der Waals surface area contributed by atoms with Crippen LogP contribution in [0.3, 0.4) is 0 Å². The van der Waals surface area contributed by atoms with E-state index >= 15 is 0 Å². The van der Waals surface area contributed by atoms with Crippen molar-refractivity contribution in [3.63, 3.8) is 0 Å². The van der Waals surface area contributed by atoms with Crippen molar-refractivity contribution in [1.82, 2.24) is 4.90 Å². The maximum Gasteiger partial charge on any atom is 0.198 e. The first-order valence-corrected chi connectivity index (χ1v) is 12.0. The molecular formula is C25H42N4. The van der Waals surface area contributed by atoms with E-state index in [4.69, 9.17) is 10.7 Å². The first-order chi connectivity index (χ1) is 14.1. The van der Waals surface area contributed by atoms with Crippen LogP contribution in [0.25, 0.3) is 0 Å². The summed E-state index contributed by atoms with van der Waals surface area (Å²) in [6.07, 6.45) is 12.9. The van der Waals surface area contributed by atoms with Gasteiger partial charge in [-0.15, -0.1) is 0 Å². The van der Waals surface area contributed by atoms with Crippen LogP contribution in [-0.2, 0) is 0 Å². The topological polar surface area (TPSA) is 53.6 Å². The van der Waals surface area contributed by atoms with Gasteiger partial charge < -0.3 is 16.0 Å². The molecule has 1 heterocycles. The van der Waals surface area contributed by atoms with E-state index in [1.807, 2.05) is 0 Å². The van der Waals surface area contributed by atoms with Gasteiger partial charge in [0.25, 0.3) is 0 Å². The van der Waals surface area contributed by atoms with Crippen molar-refractivity contribution in [2.24, 2.45) is 16.6 Å². The number of unbranched alkanes of at least 4 members (excludes halogenated alkanes) is 3. The number of hydrogen-bond acceptors (Lipinski definition) is 2. The van der Waals surface area contributed by atoms with Crippen LogP contribution in [0.4, 0.5) is 5.69 Å². The number of nitrogens with one attached hydrogen (secondary N) is 1. The minimum Gasteiger partial charge on any atom is -0.339 e. The molecule has 2 atom stereocenters. The van der Waals surface area contributed by atoms with Crippen LogP contribution in [0.5, 0.6) is 0 Å².